The Kier molecular flexibility index (Phi) is 3.97. The van der Waals surface area contributed by atoms with Crippen molar-refractivity contribution in [2.45, 2.75) is 0 Å². The van der Waals surface area contributed by atoms with Crippen LogP contribution in [0.15, 0.2) is 68.9 Å². The minimum Gasteiger partial charge on any atom is -0.508 e. The van der Waals surface area contributed by atoms with Gasteiger partial charge in [0.25, 0.3) is 0 Å². The first-order chi connectivity index (χ1) is 13.0. The highest BCUT2D eigenvalue weighted by molar-refractivity contribution is 6.01. The number of rotatable bonds is 3. The SMILES string of the molecule is O=c1c2cccc(/C=N/Nc3cccc(F)c3)c2oc2cc(O)cc(O)c12. The molecule has 6 nitrogen and oxygen atoms in total. The van der Waals surface area contributed by atoms with Crippen LogP contribution in [0.2, 0.25) is 0 Å². The molecule has 0 radical (unpaired) electrons. The maximum absolute atomic E-state index is 13.2. The van der Waals surface area contributed by atoms with Gasteiger partial charge in [-0.1, -0.05) is 12.1 Å². The molecule has 27 heavy (non-hydrogen) atoms. The Morgan fingerprint density at radius 1 is 1.07 bits per heavy atom. The standard InChI is InChI=1S/C20H13FN2O4/c21-12-4-2-5-13(7-12)23-22-10-11-3-1-6-15-19(26)18-16(25)8-14(24)9-17(18)27-20(11)15/h1-10,23-25H/b22-10+. The molecule has 3 N–H and O–H groups in total. The normalized spacial score (nSPS) is 11.4. The highest BCUT2D eigenvalue weighted by atomic mass is 19.1. The first-order valence-corrected chi connectivity index (χ1v) is 7.99. The summed E-state index contributed by atoms with van der Waals surface area (Å²) in [6.45, 7) is 0. The summed E-state index contributed by atoms with van der Waals surface area (Å²) in [6.07, 6.45) is 1.44. The number of para-hydroxylation sites is 1. The summed E-state index contributed by atoms with van der Waals surface area (Å²) >= 11 is 0. The van der Waals surface area contributed by atoms with Crippen molar-refractivity contribution in [2.24, 2.45) is 5.10 Å². The predicted octanol–water partition coefficient (Wildman–Crippen LogP) is 3.94. The van der Waals surface area contributed by atoms with Crippen molar-refractivity contribution < 1.29 is 19.0 Å². The van der Waals surface area contributed by atoms with Crippen molar-refractivity contribution in [1.29, 1.82) is 0 Å². The molecule has 4 aromatic rings. The molecule has 0 aliphatic rings. The van der Waals surface area contributed by atoms with Gasteiger partial charge in [0.05, 0.1) is 17.3 Å². The van der Waals surface area contributed by atoms with Gasteiger partial charge in [-0.15, -0.1) is 0 Å². The Labute approximate surface area is 151 Å². The highest BCUT2D eigenvalue weighted by Crippen LogP contribution is 2.30. The maximum Gasteiger partial charge on any atom is 0.204 e. The minimum atomic E-state index is -0.419. The van der Waals surface area contributed by atoms with Crippen LogP contribution in [-0.4, -0.2) is 16.4 Å². The number of fused-ring (bicyclic) bond motifs is 2. The van der Waals surface area contributed by atoms with Crippen molar-refractivity contribution >= 4 is 33.8 Å². The number of phenolic OH excluding ortho intramolecular Hbond substituents is 2. The summed E-state index contributed by atoms with van der Waals surface area (Å²) in [7, 11) is 0. The van der Waals surface area contributed by atoms with Crippen LogP contribution < -0.4 is 10.9 Å². The average Bonchev–Trinajstić information content (AvgIpc) is 2.62. The number of hydrogen-bond acceptors (Lipinski definition) is 6. The lowest BCUT2D eigenvalue weighted by Crippen LogP contribution is -2.04. The molecule has 1 heterocycles. The van der Waals surface area contributed by atoms with Gasteiger partial charge in [0.2, 0.25) is 5.43 Å². The quantitative estimate of drug-likeness (QED) is 0.291. The van der Waals surface area contributed by atoms with Crippen LogP contribution in [0.25, 0.3) is 21.9 Å². The molecule has 0 fully saturated rings. The number of phenols is 2. The molecule has 0 unspecified atom stereocenters. The van der Waals surface area contributed by atoms with Gasteiger partial charge in [-0.25, -0.2) is 4.39 Å². The van der Waals surface area contributed by atoms with E-state index in [1.54, 1.807) is 30.3 Å². The number of anilines is 1. The lowest BCUT2D eigenvalue weighted by atomic mass is 10.1. The van der Waals surface area contributed by atoms with E-state index in [0.29, 0.717) is 11.3 Å². The Morgan fingerprint density at radius 3 is 2.70 bits per heavy atom. The van der Waals surface area contributed by atoms with E-state index in [1.165, 1.54) is 24.4 Å². The van der Waals surface area contributed by atoms with E-state index in [-0.39, 0.29) is 33.4 Å². The van der Waals surface area contributed by atoms with Gasteiger partial charge >= 0.3 is 0 Å². The first-order valence-electron chi connectivity index (χ1n) is 7.99. The van der Waals surface area contributed by atoms with Gasteiger partial charge in [-0.05, 0) is 30.3 Å². The van der Waals surface area contributed by atoms with E-state index in [1.807, 2.05) is 0 Å². The molecule has 0 saturated carbocycles. The van der Waals surface area contributed by atoms with E-state index >= 15 is 0 Å². The van der Waals surface area contributed by atoms with Crippen molar-refractivity contribution in [3.63, 3.8) is 0 Å². The maximum atomic E-state index is 13.2. The smallest absolute Gasteiger partial charge is 0.204 e. The molecule has 0 aliphatic carbocycles. The van der Waals surface area contributed by atoms with E-state index in [0.717, 1.165) is 6.07 Å². The van der Waals surface area contributed by atoms with Crippen LogP contribution in [0.5, 0.6) is 11.5 Å². The fraction of sp³-hybridized carbons (Fsp3) is 0. The second-order valence-electron chi connectivity index (χ2n) is 5.87. The van der Waals surface area contributed by atoms with Gasteiger partial charge in [0, 0.05) is 17.7 Å². The Morgan fingerprint density at radius 2 is 1.89 bits per heavy atom. The highest BCUT2D eigenvalue weighted by Gasteiger charge is 2.14. The third kappa shape index (κ3) is 3.06. The topological polar surface area (TPSA) is 95.1 Å². The summed E-state index contributed by atoms with van der Waals surface area (Å²) in [5.74, 6) is -0.966. The molecule has 0 spiro atoms. The molecule has 134 valence electrons. The number of nitrogens with one attached hydrogen (secondary N) is 1. The van der Waals surface area contributed by atoms with Crippen LogP contribution in [0.4, 0.5) is 10.1 Å². The lowest BCUT2D eigenvalue weighted by molar-refractivity contribution is 0.453. The van der Waals surface area contributed by atoms with Gasteiger partial charge in [-0.3, -0.25) is 10.2 Å². The molecule has 1 aromatic heterocycles. The average molecular weight is 364 g/mol. The minimum absolute atomic E-state index is 0.00715. The van der Waals surface area contributed by atoms with Gasteiger partial charge in [0.1, 0.15) is 33.9 Å². The number of hydrogen-bond donors (Lipinski definition) is 3. The molecule has 7 heteroatoms. The van der Waals surface area contributed by atoms with Gasteiger partial charge in [0.15, 0.2) is 0 Å². The zero-order chi connectivity index (χ0) is 19.0. The van der Waals surface area contributed by atoms with E-state index in [4.69, 9.17) is 4.42 Å². The fourth-order valence-corrected chi connectivity index (χ4v) is 2.82. The molecule has 0 atom stereocenters. The van der Waals surface area contributed by atoms with Crippen molar-refractivity contribution in [3.05, 3.63) is 76.2 Å². The summed E-state index contributed by atoms with van der Waals surface area (Å²) < 4.78 is 18.9. The summed E-state index contributed by atoms with van der Waals surface area (Å²) in [4.78, 5) is 12.7. The number of halogens is 1. The summed E-state index contributed by atoms with van der Waals surface area (Å²) in [6, 6.07) is 13.1. The Bertz CT molecular complexity index is 1260. The van der Waals surface area contributed by atoms with Crippen molar-refractivity contribution in [3.8, 4) is 11.5 Å². The molecular weight excluding hydrogens is 351 g/mol. The molecule has 0 aliphatic heterocycles. The molecule has 4 rings (SSSR count). The van der Waals surface area contributed by atoms with Crippen LogP contribution >= 0.6 is 0 Å². The number of benzene rings is 3. The zero-order valence-electron chi connectivity index (χ0n) is 13.8. The van der Waals surface area contributed by atoms with Gasteiger partial charge < -0.3 is 14.6 Å². The van der Waals surface area contributed by atoms with E-state index in [9.17, 15) is 19.4 Å². The first kappa shape index (κ1) is 16.6. The Hall–Kier alpha value is -3.87. The molecule has 0 saturated heterocycles. The van der Waals surface area contributed by atoms with Crippen LogP contribution in [0, 0.1) is 5.82 Å². The van der Waals surface area contributed by atoms with Crippen molar-refractivity contribution in [1.82, 2.24) is 0 Å². The fourth-order valence-electron chi connectivity index (χ4n) is 2.82. The van der Waals surface area contributed by atoms with Gasteiger partial charge in [-0.2, -0.15) is 5.10 Å². The number of aromatic hydroxyl groups is 2. The largest absolute Gasteiger partial charge is 0.508 e. The molecule has 0 amide bonds. The van der Waals surface area contributed by atoms with Crippen LogP contribution in [0.1, 0.15) is 5.56 Å². The Balaban J connectivity index is 1.82. The summed E-state index contributed by atoms with van der Waals surface area (Å²) in [5.41, 5.74) is 3.56. The third-order valence-corrected chi connectivity index (χ3v) is 4.02. The second kappa shape index (κ2) is 6.45. The molecule has 3 aromatic carbocycles. The zero-order valence-corrected chi connectivity index (χ0v) is 13.8. The number of nitrogens with zero attached hydrogens (tertiary/aromatic N) is 1. The van der Waals surface area contributed by atoms with E-state index in [2.05, 4.69) is 10.5 Å². The van der Waals surface area contributed by atoms with Crippen LogP contribution in [-0.2, 0) is 0 Å². The lowest BCUT2D eigenvalue weighted by Gasteiger charge is -2.06. The summed E-state index contributed by atoms with van der Waals surface area (Å²) in [5, 5.41) is 23.9. The predicted molar refractivity (Wildman–Crippen MR) is 101 cm³/mol. The molecular formula is C20H13FN2O4. The third-order valence-electron chi connectivity index (χ3n) is 4.02. The van der Waals surface area contributed by atoms with E-state index < -0.39 is 11.2 Å². The second-order valence-corrected chi connectivity index (χ2v) is 5.87. The molecule has 0 bridgehead atoms. The number of hydrazone groups is 1. The van der Waals surface area contributed by atoms with Crippen molar-refractivity contribution in [2.75, 3.05) is 5.43 Å². The monoisotopic (exact) mass is 364 g/mol. The van der Waals surface area contributed by atoms with Crippen LogP contribution in [0.3, 0.4) is 0 Å².